The Morgan fingerprint density at radius 1 is 1.19 bits per heavy atom. The monoisotopic (exact) mass is 308 g/mol. The van der Waals surface area contributed by atoms with E-state index in [9.17, 15) is 13.4 Å². The van der Waals surface area contributed by atoms with Gasteiger partial charge in [-0.05, 0) is 23.8 Å². The van der Waals surface area contributed by atoms with Crippen LogP contribution in [0.4, 0.5) is 4.39 Å². The number of hydrogen-bond donors (Lipinski definition) is 1. The minimum absolute atomic E-state index is 0.109. The van der Waals surface area contributed by atoms with Crippen LogP contribution in [-0.4, -0.2) is 21.2 Å². The first-order valence-electron chi connectivity index (χ1n) is 6.11. The van der Waals surface area contributed by atoms with Crippen LogP contribution in [0.3, 0.4) is 0 Å². The van der Waals surface area contributed by atoms with E-state index in [-0.39, 0.29) is 23.0 Å². The zero-order valence-corrected chi connectivity index (χ0v) is 11.8. The standard InChI is InChI=1S/C15H13FO4S/c16-13-7-6-12(15(17)18)8-14(13)21(19)10-20-9-11-4-2-1-3-5-11/h1-8H,9-10H2,(H,17,18). The molecule has 110 valence electrons. The van der Waals surface area contributed by atoms with Crippen LogP contribution in [0.25, 0.3) is 0 Å². The van der Waals surface area contributed by atoms with Gasteiger partial charge in [-0.15, -0.1) is 0 Å². The molecule has 1 unspecified atom stereocenters. The topological polar surface area (TPSA) is 63.6 Å². The summed E-state index contributed by atoms with van der Waals surface area (Å²) in [5, 5.41) is 8.85. The van der Waals surface area contributed by atoms with Gasteiger partial charge >= 0.3 is 5.97 Å². The van der Waals surface area contributed by atoms with Crippen molar-refractivity contribution in [3.63, 3.8) is 0 Å². The van der Waals surface area contributed by atoms with E-state index >= 15 is 0 Å². The first-order chi connectivity index (χ1) is 10.1. The molecule has 0 spiro atoms. The highest BCUT2D eigenvalue weighted by Gasteiger charge is 2.14. The number of halogens is 1. The maximum Gasteiger partial charge on any atom is 0.335 e. The normalized spacial score (nSPS) is 12.0. The summed E-state index contributed by atoms with van der Waals surface area (Å²) in [5.41, 5.74) is 0.803. The summed E-state index contributed by atoms with van der Waals surface area (Å²) in [5.74, 6) is -2.10. The molecule has 0 heterocycles. The SMILES string of the molecule is O=C(O)c1ccc(F)c(S(=O)COCc2ccccc2)c1. The number of carbonyl (C=O) groups is 1. The highest BCUT2D eigenvalue weighted by molar-refractivity contribution is 7.84. The molecule has 4 nitrogen and oxygen atoms in total. The molecule has 0 aliphatic heterocycles. The third-order valence-electron chi connectivity index (χ3n) is 2.73. The second kappa shape index (κ2) is 7.10. The molecule has 0 saturated carbocycles. The lowest BCUT2D eigenvalue weighted by Gasteiger charge is -2.06. The van der Waals surface area contributed by atoms with Crippen molar-refractivity contribution < 1.29 is 23.2 Å². The largest absolute Gasteiger partial charge is 0.478 e. The Bertz CT molecular complexity index is 658. The van der Waals surface area contributed by atoms with E-state index < -0.39 is 22.6 Å². The number of benzene rings is 2. The number of hydrogen-bond acceptors (Lipinski definition) is 3. The smallest absolute Gasteiger partial charge is 0.335 e. The van der Waals surface area contributed by atoms with Crippen LogP contribution in [0, 0.1) is 5.82 Å². The van der Waals surface area contributed by atoms with Gasteiger partial charge in [0.05, 0.1) is 27.9 Å². The lowest BCUT2D eigenvalue weighted by molar-refractivity contribution is 0.0696. The molecule has 6 heteroatoms. The first kappa shape index (κ1) is 15.3. The van der Waals surface area contributed by atoms with Crippen LogP contribution < -0.4 is 0 Å². The average Bonchev–Trinajstić information content (AvgIpc) is 2.48. The maximum absolute atomic E-state index is 13.6. The van der Waals surface area contributed by atoms with E-state index in [0.29, 0.717) is 0 Å². The molecule has 2 aromatic rings. The predicted molar refractivity (Wildman–Crippen MR) is 75.9 cm³/mol. The number of ether oxygens (including phenoxy) is 1. The Morgan fingerprint density at radius 2 is 1.90 bits per heavy atom. The minimum atomic E-state index is -1.76. The third-order valence-corrected chi connectivity index (χ3v) is 3.91. The molecule has 2 aromatic carbocycles. The van der Waals surface area contributed by atoms with Crippen molar-refractivity contribution >= 4 is 16.8 Å². The fraction of sp³-hybridized carbons (Fsp3) is 0.133. The highest BCUT2D eigenvalue weighted by atomic mass is 32.2. The molecular weight excluding hydrogens is 295 g/mol. The van der Waals surface area contributed by atoms with Gasteiger partial charge in [0.15, 0.2) is 0 Å². The van der Waals surface area contributed by atoms with Crippen LogP contribution in [0.5, 0.6) is 0 Å². The van der Waals surface area contributed by atoms with Gasteiger partial charge in [-0.3, -0.25) is 4.21 Å². The molecular formula is C15H13FO4S. The van der Waals surface area contributed by atoms with E-state index in [4.69, 9.17) is 9.84 Å². The fourth-order valence-electron chi connectivity index (χ4n) is 1.68. The van der Waals surface area contributed by atoms with Gasteiger partial charge in [0.2, 0.25) is 0 Å². The number of carboxylic acid groups (broad SMARTS) is 1. The van der Waals surface area contributed by atoms with Crippen molar-refractivity contribution in [1.29, 1.82) is 0 Å². The van der Waals surface area contributed by atoms with E-state index in [0.717, 1.165) is 23.8 Å². The van der Waals surface area contributed by atoms with E-state index in [1.165, 1.54) is 0 Å². The van der Waals surface area contributed by atoms with Crippen molar-refractivity contribution in [3.05, 3.63) is 65.5 Å². The van der Waals surface area contributed by atoms with Crippen molar-refractivity contribution in [2.45, 2.75) is 11.5 Å². The lowest BCUT2D eigenvalue weighted by atomic mass is 10.2. The van der Waals surface area contributed by atoms with Crippen LogP contribution in [-0.2, 0) is 22.1 Å². The van der Waals surface area contributed by atoms with Crippen molar-refractivity contribution in [3.8, 4) is 0 Å². The minimum Gasteiger partial charge on any atom is -0.478 e. The summed E-state index contributed by atoms with van der Waals surface area (Å²) >= 11 is 0. The fourth-order valence-corrected chi connectivity index (χ4v) is 2.59. The first-order valence-corrected chi connectivity index (χ1v) is 7.42. The van der Waals surface area contributed by atoms with Crippen LogP contribution in [0.1, 0.15) is 15.9 Å². The second-order valence-corrected chi connectivity index (χ2v) is 5.61. The summed E-state index contributed by atoms with van der Waals surface area (Å²) in [6.45, 7) is 0.257. The van der Waals surface area contributed by atoms with E-state index in [1.54, 1.807) is 0 Å². The van der Waals surface area contributed by atoms with Crippen molar-refractivity contribution in [1.82, 2.24) is 0 Å². The number of carboxylic acids is 1. The molecule has 0 fully saturated rings. The Morgan fingerprint density at radius 3 is 2.57 bits per heavy atom. The molecule has 0 saturated heterocycles. The van der Waals surface area contributed by atoms with E-state index in [1.807, 2.05) is 30.3 Å². The lowest BCUT2D eigenvalue weighted by Crippen LogP contribution is -2.07. The second-order valence-electron chi connectivity index (χ2n) is 4.25. The Balaban J connectivity index is 2.00. The Hall–Kier alpha value is -2.05. The summed E-state index contributed by atoms with van der Waals surface area (Å²) in [4.78, 5) is 10.7. The Kier molecular flexibility index (Phi) is 5.19. The molecule has 1 atom stereocenters. The summed E-state index contributed by atoms with van der Waals surface area (Å²) in [6.07, 6.45) is 0. The molecule has 0 aromatic heterocycles. The third kappa shape index (κ3) is 4.21. The molecule has 0 amide bonds. The zero-order chi connectivity index (χ0) is 15.2. The van der Waals surface area contributed by atoms with E-state index in [2.05, 4.69) is 0 Å². The van der Waals surface area contributed by atoms with Gasteiger partial charge in [0, 0.05) is 0 Å². The molecule has 0 bridgehead atoms. The average molecular weight is 308 g/mol. The molecule has 2 rings (SSSR count). The number of aromatic carboxylic acids is 1. The molecule has 0 radical (unpaired) electrons. The summed E-state index contributed by atoms with van der Waals surface area (Å²) in [7, 11) is -1.76. The summed E-state index contributed by atoms with van der Waals surface area (Å²) < 4.78 is 30.9. The zero-order valence-electron chi connectivity index (χ0n) is 11.0. The van der Waals surface area contributed by atoms with Gasteiger partial charge < -0.3 is 9.84 Å². The van der Waals surface area contributed by atoms with Crippen molar-refractivity contribution in [2.75, 3.05) is 5.94 Å². The van der Waals surface area contributed by atoms with Crippen LogP contribution in [0.15, 0.2) is 53.4 Å². The van der Waals surface area contributed by atoms with Gasteiger partial charge in [-0.1, -0.05) is 30.3 Å². The quantitative estimate of drug-likeness (QED) is 0.891. The van der Waals surface area contributed by atoms with Crippen molar-refractivity contribution in [2.24, 2.45) is 0 Å². The predicted octanol–water partition coefficient (Wildman–Crippen LogP) is 2.81. The summed E-state index contributed by atoms with van der Waals surface area (Å²) in [6, 6.07) is 12.5. The molecule has 0 aliphatic carbocycles. The van der Waals surface area contributed by atoms with Gasteiger partial charge in [-0.2, -0.15) is 0 Å². The number of rotatable bonds is 6. The van der Waals surface area contributed by atoms with Crippen LogP contribution >= 0.6 is 0 Å². The maximum atomic E-state index is 13.6. The van der Waals surface area contributed by atoms with Crippen LogP contribution in [0.2, 0.25) is 0 Å². The highest BCUT2D eigenvalue weighted by Crippen LogP contribution is 2.16. The Labute approximate surface area is 123 Å². The van der Waals surface area contributed by atoms with Gasteiger partial charge in [0.1, 0.15) is 11.8 Å². The molecule has 1 N–H and O–H groups in total. The molecule has 21 heavy (non-hydrogen) atoms. The van der Waals surface area contributed by atoms with Gasteiger partial charge in [-0.25, -0.2) is 9.18 Å². The van der Waals surface area contributed by atoms with Gasteiger partial charge in [0.25, 0.3) is 0 Å². The molecule has 0 aliphatic rings.